The molecule has 0 bridgehead atoms. The van der Waals surface area contributed by atoms with Gasteiger partial charge in [-0.3, -0.25) is 0 Å². The molecule has 5 nitrogen and oxygen atoms in total. The molecule has 0 fully saturated rings. The Balaban J connectivity index is 0.000000807. The fraction of sp³-hybridized carbons (Fsp3) is 0.308. The maximum atomic E-state index is 5.66. The molecule has 4 rings (SSSR count). The van der Waals surface area contributed by atoms with Crippen molar-refractivity contribution in [3.05, 3.63) is 72.6 Å². The number of aryl methyl sites for hydroxylation is 2. The van der Waals surface area contributed by atoms with Crippen LogP contribution in [0.1, 0.15) is 39.7 Å². The zero-order valence-corrected chi connectivity index (χ0v) is 19.4. The summed E-state index contributed by atoms with van der Waals surface area (Å²) in [7, 11) is 0. The Bertz CT molecular complexity index is 1070. The molecule has 31 heavy (non-hydrogen) atoms. The van der Waals surface area contributed by atoms with Gasteiger partial charge in [-0.25, -0.2) is 9.97 Å². The maximum absolute atomic E-state index is 5.66. The molecule has 0 radical (unpaired) electrons. The number of anilines is 2. The van der Waals surface area contributed by atoms with Crippen LogP contribution in [0.5, 0.6) is 0 Å². The highest BCUT2D eigenvalue weighted by Gasteiger charge is 2.09. The van der Waals surface area contributed by atoms with Gasteiger partial charge in [0.05, 0.1) is 5.69 Å². The van der Waals surface area contributed by atoms with Crippen LogP contribution >= 0.6 is 0 Å². The Morgan fingerprint density at radius 1 is 0.968 bits per heavy atom. The lowest BCUT2D eigenvalue weighted by Crippen LogP contribution is -2.04. The van der Waals surface area contributed by atoms with Gasteiger partial charge < -0.3 is 15.6 Å². The summed E-state index contributed by atoms with van der Waals surface area (Å²) < 4.78 is 2.25. The third-order valence-electron chi connectivity index (χ3n) is 4.62. The fourth-order valence-corrected chi connectivity index (χ4v) is 3.32. The number of aromatic nitrogens is 3. The molecule has 0 unspecified atom stereocenters. The Hall–Kier alpha value is -3.18. The lowest BCUT2D eigenvalue weighted by atomic mass is 10.1. The van der Waals surface area contributed by atoms with Crippen LogP contribution in [0.15, 0.2) is 67.0 Å². The molecule has 0 saturated carbocycles. The Labute approximate surface area is 186 Å². The fourth-order valence-electron chi connectivity index (χ4n) is 3.32. The van der Waals surface area contributed by atoms with Crippen LogP contribution in [0.3, 0.4) is 0 Å². The maximum Gasteiger partial charge on any atom is 0.227 e. The second kappa shape index (κ2) is 12.5. The van der Waals surface area contributed by atoms with E-state index < -0.39 is 0 Å². The van der Waals surface area contributed by atoms with E-state index in [9.17, 15) is 0 Å². The first kappa shape index (κ1) is 24.1. The Morgan fingerprint density at radius 2 is 1.74 bits per heavy atom. The minimum atomic E-state index is 0.595. The summed E-state index contributed by atoms with van der Waals surface area (Å²) in [6.45, 7) is 11.7. The molecule has 5 heteroatoms. The van der Waals surface area contributed by atoms with Crippen molar-refractivity contribution in [1.82, 2.24) is 14.5 Å². The molecule has 0 atom stereocenters. The SMILES string of the molecule is CC.CC.Cc1cccc(Nc2nccc(-c3cccc4c3ccn4CCCN)n2)c1. The molecule has 0 spiro atoms. The Kier molecular flexibility index (Phi) is 9.72. The summed E-state index contributed by atoms with van der Waals surface area (Å²) >= 11 is 0. The van der Waals surface area contributed by atoms with Crippen molar-refractivity contribution in [3.8, 4) is 11.3 Å². The van der Waals surface area contributed by atoms with Crippen molar-refractivity contribution in [2.75, 3.05) is 11.9 Å². The first-order valence-electron chi connectivity index (χ1n) is 11.2. The quantitative estimate of drug-likeness (QED) is 0.373. The summed E-state index contributed by atoms with van der Waals surface area (Å²) in [5.41, 5.74) is 11.1. The molecule has 0 aliphatic heterocycles. The third-order valence-corrected chi connectivity index (χ3v) is 4.62. The zero-order chi connectivity index (χ0) is 22.6. The summed E-state index contributed by atoms with van der Waals surface area (Å²) in [6, 6.07) is 18.6. The van der Waals surface area contributed by atoms with Crippen LogP contribution < -0.4 is 11.1 Å². The number of fused-ring (bicyclic) bond motifs is 1. The number of nitrogens with zero attached hydrogens (tertiary/aromatic N) is 3. The van der Waals surface area contributed by atoms with Gasteiger partial charge >= 0.3 is 0 Å². The van der Waals surface area contributed by atoms with E-state index in [-0.39, 0.29) is 0 Å². The van der Waals surface area contributed by atoms with Gasteiger partial charge in [-0.05, 0) is 55.8 Å². The molecular formula is C26H35N5. The molecule has 2 aromatic carbocycles. The Morgan fingerprint density at radius 3 is 2.48 bits per heavy atom. The summed E-state index contributed by atoms with van der Waals surface area (Å²) in [6.07, 6.45) is 4.88. The monoisotopic (exact) mass is 417 g/mol. The van der Waals surface area contributed by atoms with Crippen LogP contribution in [0.25, 0.3) is 22.2 Å². The number of hydrogen-bond donors (Lipinski definition) is 2. The number of nitrogens with two attached hydrogens (primary N) is 1. The standard InChI is InChI=1S/C22H23N5.2C2H6/c1-16-5-2-6-17(15-16)25-22-24-12-9-20(26-22)18-7-3-8-21-19(18)10-14-27(21)13-4-11-23;2*1-2/h2-3,5-10,12,14-15H,4,11,13,23H2,1H3,(H,24,25,26);2*1-2H3. The zero-order valence-electron chi connectivity index (χ0n) is 19.4. The molecule has 3 N–H and O–H groups in total. The molecule has 0 saturated heterocycles. The van der Waals surface area contributed by atoms with E-state index in [1.807, 2.05) is 45.9 Å². The average Bonchev–Trinajstić information content (AvgIpc) is 3.24. The minimum absolute atomic E-state index is 0.595. The highest BCUT2D eigenvalue weighted by Crippen LogP contribution is 2.29. The first-order valence-corrected chi connectivity index (χ1v) is 11.2. The third kappa shape index (κ3) is 6.15. The summed E-state index contributed by atoms with van der Waals surface area (Å²) in [5.74, 6) is 0.595. The molecule has 164 valence electrons. The average molecular weight is 418 g/mol. The smallest absolute Gasteiger partial charge is 0.227 e. The van der Waals surface area contributed by atoms with E-state index in [1.165, 1.54) is 16.5 Å². The van der Waals surface area contributed by atoms with Crippen molar-refractivity contribution < 1.29 is 0 Å². The van der Waals surface area contributed by atoms with Crippen molar-refractivity contribution >= 4 is 22.5 Å². The molecule has 2 aromatic heterocycles. The predicted molar refractivity (Wildman–Crippen MR) is 134 cm³/mol. The van der Waals surface area contributed by atoms with Crippen LogP contribution in [0.2, 0.25) is 0 Å². The van der Waals surface area contributed by atoms with Gasteiger partial charge in [0.2, 0.25) is 5.95 Å². The lowest BCUT2D eigenvalue weighted by Gasteiger charge is -2.09. The second-order valence-corrected chi connectivity index (χ2v) is 6.65. The van der Waals surface area contributed by atoms with E-state index in [0.29, 0.717) is 12.5 Å². The molecule has 2 heterocycles. The highest BCUT2D eigenvalue weighted by atomic mass is 15.1. The molecule has 0 aliphatic carbocycles. The van der Waals surface area contributed by atoms with Gasteiger partial charge in [-0.15, -0.1) is 0 Å². The molecular weight excluding hydrogens is 382 g/mol. The van der Waals surface area contributed by atoms with Crippen molar-refractivity contribution in [2.24, 2.45) is 5.73 Å². The van der Waals surface area contributed by atoms with E-state index in [4.69, 9.17) is 10.7 Å². The summed E-state index contributed by atoms with van der Waals surface area (Å²) in [4.78, 5) is 9.11. The minimum Gasteiger partial charge on any atom is -0.347 e. The van der Waals surface area contributed by atoms with E-state index in [0.717, 1.165) is 29.9 Å². The van der Waals surface area contributed by atoms with Crippen molar-refractivity contribution in [2.45, 2.75) is 47.6 Å². The van der Waals surface area contributed by atoms with Gasteiger partial charge in [-0.2, -0.15) is 0 Å². The van der Waals surface area contributed by atoms with Crippen molar-refractivity contribution in [1.29, 1.82) is 0 Å². The highest BCUT2D eigenvalue weighted by molar-refractivity contribution is 5.94. The normalized spacial score (nSPS) is 10.0. The van der Waals surface area contributed by atoms with Gasteiger partial charge in [-0.1, -0.05) is 52.0 Å². The van der Waals surface area contributed by atoms with Crippen LogP contribution in [-0.4, -0.2) is 21.1 Å². The van der Waals surface area contributed by atoms with Gasteiger partial charge in [0.1, 0.15) is 0 Å². The number of rotatable bonds is 6. The van der Waals surface area contributed by atoms with E-state index in [2.05, 4.69) is 64.4 Å². The topological polar surface area (TPSA) is 68.8 Å². The van der Waals surface area contributed by atoms with Crippen LogP contribution in [-0.2, 0) is 6.54 Å². The first-order chi connectivity index (χ1) is 15.2. The van der Waals surface area contributed by atoms with E-state index in [1.54, 1.807) is 6.20 Å². The number of benzene rings is 2. The van der Waals surface area contributed by atoms with Gasteiger partial charge in [0, 0.05) is 41.1 Å². The molecule has 0 aliphatic rings. The van der Waals surface area contributed by atoms with Crippen LogP contribution in [0, 0.1) is 6.92 Å². The van der Waals surface area contributed by atoms with Crippen molar-refractivity contribution in [3.63, 3.8) is 0 Å². The number of hydrogen-bond acceptors (Lipinski definition) is 4. The van der Waals surface area contributed by atoms with Gasteiger partial charge in [0.15, 0.2) is 0 Å². The van der Waals surface area contributed by atoms with Crippen LogP contribution in [0.4, 0.5) is 11.6 Å². The largest absolute Gasteiger partial charge is 0.347 e. The molecule has 0 amide bonds. The predicted octanol–water partition coefficient (Wildman–Crippen LogP) is 6.55. The molecule has 4 aromatic rings. The lowest BCUT2D eigenvalue weighted by molar-refractivity contribution is 0.671. The van der Waals surface area contributed by atoms with Gasteiger partial charge in [0.25, 0.3) is 0 Å². The van der Waals surface area contributed by atoms with E-state index >= 15 is 0 Å². The number of nitrogens with one attached hydrogen (secondary N) is 1. The summed E-state index contributed by atoms with van der Waals surface area (Å²) in [5, 5.41) is 4.48. The second-order valence-electron chi connectivity index (χ2n) is 6.65.